The van der Waals surface area contributed by atoms with Gasteiger partial charge in [-0.15, -0.1) is 0 Å². The summed E-state index contributed by atoms with van der Waals surface area (Å²) in [5.74, 6) is -1.56. The number of rotatable bonds is 3. The van der Waals surface area contributed by atoms with Gasteiger partial charge in [0.1, 0.15) is 0 Å². The minimum Gasteiger partial charge on any atom is -0.479 e. The van der Waals surface area contributed by atoms with Crippen molar-refractivity contribution in [2.45, 2.75) is 25.9 Å². The van der Waals surface area contributed by atoms with Crippen LogP contribution < -0.4 is 0 Å². The summed E-state index contributed by atoms with van der Waals surface area (Å²) >= 11 is 0. The molecule has 1 aliphatic heterocycles. The maximum atomic E-state index is 11.2. The molecule has 5 heteroatoms. The molecule has 0 aromatic carbocycles. The van der Waals surface area contributed by atoms with Crippen LogP contribution in [0.25, 0.3) is 0 Å². The Labute approximate surface area is 82.0 Å². The number of ether oxygens (including phenoxy) is 2. The van der Waals surface area contributed by atoms with Crippen LogP contribution in [0.1, 0.15) is 19.8 Å². The van der Waals surface area contributed by atoms with Crippen LogP contribution >= 0.6 is 0 Å². The molecule has 1 heterocycles. The van der Waals surface area contributed by atoms with E-state index in [0.29, 0.717) is 19.4 Å². The van der Waals surface area contributed by atoms with Crippen molar-refractivity contribution in [3.63, 3.8) is 0 Å². The van der Waals surface area contributed by atoms with Gasteiger partial charge in [-0.05, 0) is 19.8 Å². The summed E-state index contributed by atoms with van der Waals surface area (Å²) in [6.07, 6.45) is 0.134. The van der Waals surface area contributed by atoms with Gasteiger partial charge in [0.15, 0.2) is 6.10 Å². The molecule has 1 saturated heterocycles. The molecule has 0 spiro atoms. The second-order valence-electron chi connectivity index (χ2n) is 3.19. The molecule has 0 saturated carbocycles. The Balaban J connectivity index is 2.35. The molecular formula is C9H14O5. The summed E-state index contributed by atoms with van der Waals surface area (Å²) in [5, 5.41) is 8.63. The highest BCUT2D eigenvalue weighted by atomic mass is 16.5. The number of carbonyl (C=O) groups is 2. The predicted molar refractivity (Wildman–Crippen MR) is 46.7 cm³/mol. The topological polar surface area (TPSA) is 72.8 Å². The molecule has 0 aliphatic carbocycles. The molecule has 1 rings (SSSR count). The molecule has 0 amide bonds. The smallest absolute Gasteiger partial charge is 0.332 e. The minimum absolute atomic E-state index is 0.149. The number of carboxylic acids is 1. The van der Waals surface area contributed by atoms with Crippen molar-refractivity contribution in [3.05, 3.63) is 0 Å². The molecule has 0 radical (unpaired) electrons. The Hall–Kier alpha value is -1.10. The first-order valence-electron chi connectivity index (χ1n) is 4.66. The number of hydrogen-bond donors (Lipinski definition) is 1. The van der Waals surface area contributed by atoms with Crippen molar-refractivity contribution < 1.29 is 24.2 Å². The van der Waals surface area contributed by atoms with Gasteiger partial charge in [-0.3, -0.25) is 4.79 Å². The average Bonchev–Trinajstić information content (AvgIpc) is 2.18. The van der Waals surface area contributed by atoms with E-state index >= 15 is 0 Å². The fourth-order valence-electron chi connectivity index (χ4n) is 1.39. The van der Waals surface area contributed by atoms with Gasteiger partial charge in [-0.25, -0.2) is 4.79 Å². The van der Waals surface area contributed by atoms with Gasteiger partial charge in [0.05, 0.1) is 19.1 Å². The van der Waals surface area contributed by atoms with Gasteiger partial charge >= 0.3 is 11.9 Å². The lowest BCUT2D eigenvalue weighted by molar-refractivity contribution is -0.164. The van der Waals surface area contributed by atoms with Crippen LogP contribution in [0, 0.1) is 5.92 Å². The van der Waals surface area contributed by atoms with E-state index in [1.54, 1.807) is 6.92 Å². The molecule has 0 unspecified atom stereocenters. The fraction of sp³-hybridized carbons (Fsp3) is 0.778. The number of carboxylic acid groups (broad SMARTS) is 1. The Morgan fingerprint density at radius 1 is 1.50 bits per heavy atom. The third kappa shape index (κ3) is 2.70. The number of hydrogen-bond acceptors (Lipinski definition) is 4. The Morgan fingerprint density at radius 3 is 2.64 bits per heavy atom. The normalized spacial score (nSPS) is 26.9. The van der Waals surface area contributed by atoms with Gasteiger partial charge in [-0.1, -0.05) is 0 Å². The van der Waals surface area contributed by atoms with E-state index in [-0.39, 0.29) is 18.5 Å². The molecule has 0 aromatic heterocycles. The van der Waals surface area contributed by atoms with Gasteiger partial charge in [0, 0.05) is 0 Å². The molecule has 1 aliphatic rings. The van der Waals surface area contributed by atoms with Crippen LogP contribution in [0.5, 0.6) is 0 Å². The largest absolute Gasteiger partial charge is 0.479 e. The molecule has 1 N–H and O–H groups in total. The van der Waals surface area contributed by atoms with Gasteiger partial charge in [-0.2, -0.15) is 0 Å². The third-order valence-electron chi connectivity index (χ3n) is 2.17. The molecule has 0 aromatic rings. The SMILES string of the molecule is CCOC(=O)[C@@H]1CC[C@H](C(=O)O)OC1. The maximum absolute atomic E-state index is 11.2. The first-order valence-corrected chi connectivity index (χ1v) is 4.66. The van der Waals surface area contributed by atoms with Gasteiger partial charge in [0.25, 0.3) is 0 Å². The Bertz CT molecular complexity index is 217. The van der Waals surface area contributed by atoms with Crippen LogP contribution in [0.3, 0.4) is 0 Å². The van der Waals surface area contributed by atoms with E-state index < -0.39 is 12.1 Å². The van der Waals surface area contributed by atoms with Crippen LogP contribution in [0.4, 0.5) is 0 Å². The van der Waals surface area contributed by atoms with E-state index in [1.807, 2.05) is 0 Å². The second kappa shape index (κ2) is 4.95. The predicted octanol–water partition coefficient (Wildman–Crippen LogP) is 0.429. The van der Waals surface area contributed by atoms with Crippen LogP contribution in [-0.4, -0.2) is 36.4 Å². The van der Waals surface area contributed by atoms with Gasteiger partial charge < -0.3 is 14.6 Å². The fourth-order valence-corrected chi connectivity index (χ4v) is 1.39. The molecule has 14 heavy (non-hydrogen) atoms. The quantitative estimate of drug-likeness (QED) is 0.672. The molecule has 0 bridgehead atoms. The summed E-state index contributed by atoms with van der Waals surface area (Å²) in [6.45, 7) is 2.23. The lowest BCUT2D eigenvalue weighted by Gasteiger charge is -2.24. The summed E-state index contributed by atoms with van der Waals surface area (Å²) < 4.78 is 9.83. The lowest BCUT2D eigenvalue weighted by atomic mass is 9.99. The summed E-state index contributed by atoms with van der Waals surface area (Å²) in [7, 11) is 0. The molecule has 2 atom stereocenters. The first-order chi connectivity index (χ1) is 6.65. The monoisotopic (exact) mass is 202 g/mol. The highest BCUT2D eigenvalue weighted by molar-refractivity contribution is 5.75. The second-order valence-corrected chi connectivity index (χ2v) is 3.19. The maximum Gasteiger partial charge on any atom is 0.332 e. The van der Waals surface area contributed by atoms with Crippen molar-refractivity contribution in [1.29, 1.82) is 0 Å². The summed E-state index contributed by atoms with van der Waals surface area (Å²) in [5.41, 5.74) is 0. The lowest BCUT2D eigenvalue weighted by Crippen LogP contribution is -2.35. The van der Waals surface area contributed by atoms with E-state index in [9.17, 15) is 9.59 Å². The number of carbonyl (C=O) groups excluding carboxylic acids is 1. The highest BCUT2D eigenvalue weighted by Gasteiger charge is 2.31. The van der Waals surface area contributed by atoms with Gasteiger partial charge in [0.2, 0.25) is 0 Å². The zero-order valence-electron chi connectivity index (χ0n) is 8.06. The van der Waals surface area contributed by atoms with Crippen LogP contribution in [-0.2, 0) is 19.1 Å². The Kier molecular flexibility index (Phi) is 3.88. The molecule has 80 valence electrons. The van der Waals surface area contributed by atoms with Crippen molar-refractivity contribution in [2.24, 2.45) is 5.92 Å². The van der Waals surface area contributed by atoms with E-state index in [2.05, 4.69) is 0 Å². The molecular weight excluding hydrogens is 188 g/mol. The van der Waals surface area contributed by atoms with Crippen molar-refractivity contribution in [1.82, 2.24) is 0 Å². The number of esters is 1. The minimum atomic E-state index is -0.965. The zero-order valence-corrected chi connectivity index (χ0v) is 8.06. The standard InChI is InChI=1S/C9H14O5/c1-2-13-9(12)6-3-4-7(8(10)11)14-5-6/h6-7H,2-5H2,1H3,(H,10,11)/t6-,7-/m1/s1. The molecule has 1 fully saturated rings. The Morgan fingerprint density at radius 2 is 2.21 bits per heavy atom. The summed E-state index contributed by atoms with van der Waals surface area (Å²) in [6, 6.07) is 0. The van der Waals surface area contributed by atoms with Crippen molar-refractivity contribution in [2.75, 3.05) is 13.2 Å². The zero-order chi connectivity index (χ0) is 10.6. The van der Waals surface area contributed by atoms with E-state index in [0.717, 1.165) is 0 Å². The third-order valence-corrected chi connectivity index (χ3v) is 2.17. The number of aliphatic carboxylic acids is 1. The van der Waals surface area contributed by atoms with E-state index in [1.165, 1.54) is 0 Å². The van der Waals surface area contributed by atoms with Crippen molar-refractivity contribution >= 4 is 11.9 Å². The first kappa shape index (κ1) is 11.0. The average molecular weight is 202 g/mol. The highest BCUT2D eigenvalue weighted by Crippen LogP contribution is 2.20. The van der Waals surface area contributed by atoms with Crippen LogP contribution in [0.15, 0.2) is 0 Å². The molecule has 5 nitrogen and oxygen atoms in total. The van der Waals surface area contributed by atoms with Crippen LogP contribution in [0.2, 0.25) is 0 Å². The van der Waals surface area contributed by atoms with Crippen molar-refractivity contribution in [3.8, 4) is 0 Å². The van der Waals surface area contributed by atoms with E-state index in [4.69, 9.17) is 14.6 Å². The summed E-state index contributed by atoms with van der Waals surface area (Å²) in [4.78, 5) is 21.7.